The maximum atomic E-state index is 11.7. The molecule has 0 saturated carbocycles. The number of carbonyl (C=O) groups excluding carboxylic acids is 1. The number of rotatable bonds is 7. The Morgan fingerprint density at radius 1 is 1.43 bits per heavy atom. The van der Waals surface area contributed by atoms with E-state index in [0.717, 1.165) is 0 Å². The van der Waals surface area contributed by atoms with Crippen LogP contribution >= 0.6 is 12.4 Å². The minimum atomic E-state index is -1.30. The monoisotopic (exact) mass is 314 g/mol. The molecule has 0 radical (unpaired) electrons. The van der Waals surface area contributed by atoms with Crippen molar-refractivity contribution in [3.05, 3.63) is 46.3 Å². The summed E-state index contributed by atoms with van der Waals surface area (Å²) < 4.78 is 4.67. The minimum Gasteiger partial charge on any atom is -0.481 e. The van der Waals surface area contributed by atoms with Crippen LogP contribution < -0.4 is 5.32 Å². The van der Waals surface area contributed by atoms with Gasteiger partial charge in [0.1, 0.15) is 12.1 Å². The Balaban J connectivity index is 0.00000400. The van der Waals surface area contributed by atoms with Gasteiger partial charge in [0.05, 0.1) is 7.11 Å². The smallest absolute Gasteiger partial charge is 0.327 e. The van der Waals surface area contributed by atoms with Crippen molar-refractivity contribution in [3.63, 3.8) is 0 Å². The van der Waals surface area contributed by atoms with Gasteiger partial charge in [-0.15, -0.1) is 12.4 Å². The maximum absolute atomic E-state index is 11.7. The summed E-state index contributed by atoms with van der Waals surface area (Å²) in [4.78, 5) is 25.0. The van der Waals surface area contributed by atoms with Crippen molar-refractivity contribution in [1.29, 1.82) is 0 Å². The lowest BCUT2D eigenvalue weighted by atomic mass is 10.1. The van der Waals surface area contributed by atoms with Gasteiger partial charge in [0.15, 0.2) is 0 Å². The first-order chi connectivity index (χ1) is 9.60. The van der Waals surface area contributed by atoms with Gasteiger partial charge >= 0.3 is 11.9 Å². The fraction of sp³-hybridized carbons (Fsp3) is 0.333. The Hall–Kier alpha value is -2.28. The highest BCUT2D eigenvalue weighted by Crippen LogP contribution is 2.14. The van der Waals surface area contributed by atoms with Crippen LogP contribution in [0.1, 0.15) is 11.6 Å². The van der Waals surface area contributed by atoms with Gasteiger partial charge < -0.3 is 9.84 Å². The third kappa shape index (κ3) is 5.70. The van der Waals surface area contributed by atoms with Crippen LogP contribution in [0.4, 0.5) is 0 Å². The summed E-state index contributed by atoms with van der Waals surface area (Å²) >= 11 is 0. The normalized spacial score (nSPS) is 12.2. The minimum absolute atomic E-state index is 0. The molecular formula is C12H15ClN4O4. The van der Waals surface area contributed by atoms with Gasteiger partial charge in [0.2, 0.25) is 0 Å². The highest BCUT2D eigenvalue weighted by Gasteiger charge is 2.24. The molecule has 0 saturated heterocycles. The Morgan fingerprint density at radius 2 is 2.05 bits per heavy atom. The van der Waals surface area contributed by atoms with Crippen LogP contribution in [0, 0.1) is 0 Å². The zero-order valence-electron chi connectivity index (χ0n) is 11.2. The second-order valence-corrected chi connectivity index (χ2v) is 3.83. The van der Waals surface area contributed by atoms with Crippen LogP contribution in [-0.4, -0.2) is 36.7 Å². The average molecular weight is 315 g/mol. The van der Waals surface area contributed by atoms with Crippen molar-refractivity contribution in [2.45, 2.75) is 12.1 Å². The quantitative estimate of drug-likeness (QED) is 0.343. The first kappa shape index (κ1) is 18.7. The predicted octanol–water partition coefficient (Wildman–Crippen LogP) is 1.68. The third-order valence-corrected chi connectivity index (χ3v) is 2.56. The summed E-state index contributed by atoms with van der Waals surface area (Å²) in [5, 5.41) is 14.7. The van der Waals surface area contributed by atoms with Crippen molar-refractivity contribution in [3.8, 4) is 0 Å². The van der Waals surface area contributed by atoms with Crippen LogP contribution in [0.3, 0.4) is 0 Å². The molecule has 114 valence electrons. The highest BCUT2D eigenvalue weighted by molar-refractivity contribution is 5.85. The molecule has 2 atom stereocenters. The summed E-state index contributed by atoms with van der Waals surface area (Å²) in [5.74, 6) is -1.83. The zero-order valence-corrected chi connectivity index (χ0v) is 12.0. The molecule has 1 rings (SSSR count). The number of carboxylic acid groups (broad SMARTS) is 1. The zero-order chi connectivity index (χ0) is 15.0. The standard InChI is InChI=1S/C12H14N4O4.ClH/c1-20-12(19)10(8-5-3-2-4-6-8)14-7-9(11(17)18)15-16-13;/h2-6,9-10,14H,7H2,1H3,(H,17,18);1H. The molecule has 1 aromatic rings. The van der Waals surface area contributed by atoms with Crippen LogP contribution in [0.2, 0.25) is 0 Å². The van der Waals surface area contributed by atoms with Crippen LogP contribution in [-0.2, 0) is 14.3 Å². The molecule has 0 spiro atoms. The Bertz CT molecular complexity index is 517. The number of carbonyl (C=O) groups is 2. The van der Waals surface area contributed by atoms with Gasteiger partial charge in [0, 0.05) is 11.5 Å². The molecule has 0 bridgehead atoms. The number of halogens is 1. The Morgan fingerprint density at radius 3 is 2.52 bits per heavy atom. The number of azide groups is 1. The van der Waals surface area contributed by atoms with Crippen LogP contribution in [0.5, 0.6) is 0 Å². The largest absolute Gasteiger partial charge is 0.481 e. The number of methoxy groups -OCH3 is 1. The molecule has 0 amide bonds. The number of carboxylic acids is 1. The number of nitrogens with one attached hydrogen (secondary N) is 1. The van der Waals surface area contributed by atoms with Gasteiger partial charge in [-0.05, 0) is 11.1 Å². The average Bonchev–Trinajstić information content (AvgIpc) is 2.46. The van der Waals surface area contributed by atoms with E-state index in [-0.39, 0.29) is 19.0 Å². The molecule has 0 heterocycles. The summed E-state index contributed by atoms with van der Waals surface area (Å²) in [5.41, 5.74) is 8.93. The number of aliphatic carboxylic acids is 1. The van der Waals surface area contributed by atoms with Crippen LogP contribution in [0.15, 0.2) is 35.4 Å². The second-order valence-electron chi connectivity index (χ2n) is 3.83. The van der Waals surface area contributed by atoms with Crippen molar-refractivity contribution in [2.75, 3.05) is 13.7 Å². The number of hydrogen-bond donors (Lipinski definition) is 2. The van der Waals surface area contributed by atoms with Crippen molar-refractivity contribution in [2.24, 2.45) is 5.11 Å². The summed E-state index contributed by atoms with van der Waals surface area (Å²) in [7, 11) is 1.24. The van der Waals surface area contributed by atoms with Gasteiger partial charge in [0.25, 0.3) is 0 Å². The first-order valence-corrected chi connectivity index (χ1v) is 5.73. The fourth-order valence-corrected chi connectivity index (χ4v) is 1.57. The van der Waals surface area contributed by atoms with E-state index in [1.54, 1.807) is 30.3 Å². The van der Waals surface area contributed by atoms with Gasteiger partial charge in [-0.25, -0.2) is 4.79 Å². The predicted molar refractivity (Wildman–Crippen MR) is 77.0 cm³/mol. The molecule has 1 aromatic carbocycles. The third-order valence-electron chi connectivity index (χ3n) is 2.56. The Kier molecular flexibility index (Phi) is 8.55. The first-order valence-electron chi connectivity index (χ1n) is 5.73. The molecule has 8 nitrogen and oxygen atoms in total. The van der Waals surface area contributed by atoms with E-state index in [1.165, 1.54) is 7.11 Å². The SMILES string of the molecule is COC(=O)C(NCC(N=[N+]=[N-])C(=O)O)c1ccccc1.Cl. The molecule has 9 heteroatoms. The van der Waals surface area contributed by atoms with E-state index in [9.17, 15) is 9.59 Å². The van der Waals surface area contributed by atoms with E-state index in [1.807, 2.05) is 0 Å². The molecule has 21 heavy (non-hydrogen) atoms. The van der Waals surface area contributed by atoms with Crippen molar-refractivity contribution >= 4 is 24.3 Å². The molecule has 0 aliphatic rings. The summed E-state index contributed by atoms with van der Waals surface area (Å²) in [6.07, 6.45) is 0. The van der Waals surface area contributed by atoms with Gasteiger partial charge in [-0.1, -0.05) is 35.4 Å². The second kappa shape index (κ2) is 9.60. The number of benzene rings is 1. The lowest BCUT2D eigenvalue weighted by Gasteiger charge is -2.18. The summed E-state index contributed by atoms with van der Waals surface area (Å²) in [6, 6.07) is 6.57. The van der Waals surface area contributed by atoms with Crippen LogP contribution in [0.25, 0.3) is 10.4 Å². The molecule has 0 aromatic heterocycles. The van der Waals surface area contributed by atoms with E-state index in [2.05, 4.69) is 20.1 Å². The number of hydrogen-bond acceptors (Lipinski definition) is 5. The number of ether oxygens (including phenoxy) is 1. The fourth-order valence-electron chi connectivity index (χ4n) is 1.57. The molecule has 2 N–H and O–H groups in total. The Labute approximate surface area is 127 Å². The van der Waals surface area contributed by atoms with Crippen molar-refractivity contribution in [1.82, 2.24) is 5.32 Å². The molecular weight excluding hydrogens is 300 g/mol. The molecule has 0 fully saturated rings. The van der Waals surface area contributed by atoms with Gasteiger partial charge in [-0.2, -0.15) is 0 Å². The molecule has 0 aliphatic heterocycles. The van der Waals surface area contributed by atoms with E-state index in [4.69, 9.17) is 10.6 Å². The maximum Gasteiger partial charge on any atom is 0.327 e. The highest BCUT2D eigenvalue weighted by atomic mass is 35.5. The topological polar surface area (TPSA) is 124 Å². The van der Waals surface area contributed by atoms with E-state index >= 15 is 0 Å². The number of nitrogens with zero attached hydrogens (tertiary/aromatic N) is 3. The van der Waals surface area contributed by atoms with Crippen molar-refractivity contribution < 1.29 is 19.4 Å². The number of esters is 1. The lowest BCUT2D eigenvalue weighted by Crippen LogP contribution is -2.37. The van der Waals surface area contributed by atoms with Gasteiger partial charge in [-0.3, -0.25) is 10.1 Å². The lowest BCUT2D eigenvalue weighted by molar-refractivity contribution is -0.144. The van der Waals surface area contributed by atoms with E-state index < -0.39 is 24.0 Å². The molecule has 0 aliphatic carbocycles. The summed E-state index contributed by atoms with van der Waals surface area (Å²) in [6.45, 7) is -0.186. The molecule has 2 unspecified atom stereocenters. The van der Waals surface area contributed by atoms with E-state index in [0.29, 0.717) is 5.56 Å².